The van der Waals surface area contributed by atoms with E-state index in [9.17, 15) is 0 Å². The maximum Gasteiger partial charge on any atom is 0.124 e. The standard InChI is InChI=1S/C14H22BrNO/c1-4-6-9-17-14-8-7-12(15)10-13(14)11(3)16-5-2/h7-8,10-11,16H,4-6,9H2,1-3H3. The predicted octanol–water partition coefficient (Wildman–Crippen LogP) is 4.30. The average Bonchev–Trinajstić information content (AvgIpc) is 2.31. The Kier molecular flexibility index (Phi) is 6.60. The Bertz CT molecular complexity index is 341. The van der Waals surface area contributed by atoms with Gasteiger partial charge in [0.2, 0.25) is 0 Å². The minimum atomic E-state index is 0.314. The van der Waals surface area contributed by atoms with Crippen molar-refractivity contribution in [3.8, 4) is 5.75 Å². The zero-order valence-electron chi connectivity index (χ0n) is 10.9. The van der Waals surface area contributed by atoms with Crippen molar-refractivity contribution in [1.82, 2.24) is 5.32 Å². The summed E-state index contributed by atoms with van der Waals surface area (Å²) < 4.78 is 6.94. The summed E-state index contributed by atoms with van der Waals surface area (Å²) in [4.78, 5) is 0. The van der Waals surface area contributed by atoms with Gasteiger partial charge in [-0.1, -0.05) is 36.2 Å². The van der Waals surface area contributed by atoms with Crippen LogP contribution in [0.15, 0.2) is 22.7 Å². The van der Waals surface area contributed by atoms with Crippen molar-refractivity contribution in [3.63, 3.8) is 0 Å². The molecule has 1 unspecified atom stereocenters. The summed E-state index contributed by atoms with van der Waals surface area (Å²) in [5, 5.41) is 3.42. The molecule has 0 saturated heterocycles. The van der Waals surface area contributed by atoms with Gasteiger partial charge >= 0.3 is 0 Å². The van der Waals surface area contributed by atoms with Crippen LogP contribution in [0.25, 0.3) is 0 Å². The molecular formula is C14H22BrNO. The molecule has 0 spiro atoms. The number of nitrogens with one attached hydrogen (secondary N) is 1. The minimum Gasteiger partial charge on any atom is -0.493 e. The van der Waals surface area contributed by atoms with E-state index in [4.69, 9.17) is 4.74 Å². The Hall–Kier alpha value is -0.540. The van der Waals surface area contributed by atoms with E-state index in [2.05, 4.69) is 48.1 Å². The average molecular weight is 300 g/mol. The van der Waals surface area contributed by atoms with Gasteiger partial charge in [-0.15, -0.1) is 0 Å². The van der Waals surface area contributed by atoms with Crippen molar-refractivity contribution in [1.29, 1.82) is 0 Å². The lowest BCUT2D eigenvalue weighted by Crippen LogP contribution is -2.18. The molecule has 1 rings (SSSR count). The van der Waals surface area contributed by atoms with Gasteiger partial charge in [0.15, 0.2) is 0 Å². The van der Waals surface area contributed by atoms with E-state index in [0.717, 1.165) is 36.2 Å². The molecule has 0 aliphatic rings. The first kappa shape index (κ1) is 14.5. The molecule has 2 nitrogen and oxygen atoms in total. The quantitative estimate of drug-likeness (QED) is 0.758. The number of ether oxygens (including phenoxy) is 1. The van der Waals surface area contributed by atoms with E-state index in [-0.39, 0.29) is 0 Å². The van der Waals surface area contributed by atoms with Crippen LogP contribution in [0.2, 0.25) is 0 Å². The van der Waals surface area contributed by atoms with E-state index >= 15 is 0 Å². The minimum absolute atomic E-state index is 0.314. The summed E-state index contributed by atoms with van der Waals surface area (Å²) in [6.07, 6.45) is 2.26. The summed E-state index contributed by atoms with van der Waals surface area (Å²) in [6.45, 7) is 8.21. The zero-order valence-corrected chi connectivity index (χ0v) is 12.5. The first-order chi connectivity index (χ1) is 8.19. The largest absolute Gasteiger partial charge is 0.493 e. The molecule has 1 aromatic carbocycles. The van der Waals surface area contributed by atoms with Crippen LogP contribution in [-0.2, 0) is 0 Å². The molecule has 0 fully saturated rings. The Morgan fingerprint density at radius 1 is 1.35 bits per heavy atom. The van der Waals surface area contributed by atoms with Gasteiger partial charge in [0, 0.05) is 16.1 Å². The fraction of sp³-hybridized carbons (Fsp3) is 0.571. The zero-order chi connectivity index (χ0) is 12.7. The second kappa shape index (κ2) is 7.72. The van der Waals surface area contributed by atoms with Gasteiger partial charge in [-0.2, -0.15) is 0 Å². The number of halogens is 1. The van der Waals surface area contributed by atoms with Crippen LogP contribution < -0.4 is 10.1 Å². The maximum absolute atomic E-state index is 5.84. The van der Waals surface area contributed by atoms with Gasteiger partial charge < -0.3 is 10.1 Å². The molecular weight excluding hydrogens is 278 g/mol. The van der Waals surface area contributed by atoms with E-state index in [1.54, 1.807) is 0 Å². The molecule has 0 amide bonds. The Morgan fingerprint density at radius 2 is 2.12 bits per heavy atom. The molecule has 0 aliphatic heterocycles. The lowest BCUT2D eigenvalue weighted by molar-refractivity contribution is 0.303. The van der Waals surface area contributed by atoms with Crippen LogP contribution in [0.4, 0.5) is 0 Å². The summed E-state index contributed by atoms with van der Waals surface area (Å²) >= 11 is 3.51. The smallest absolute Gasteiger partial charge is 0.124 e. The van der Waals surface area contributed by atoms with Gasteiger partial charge in [0.25, 0.3) is 0 Å². The normalized spacial score (nSPS) is 12.5. The molecule has 1 atom stereocenters. The van der Waals surface area contributed by atoms with Crippen LogP contribution in [0.3, 0.4) is 0 Å². The molecule has 96 valence electrons. The highest BCUT2D eigenvalue weighted by Gasteiger charge is 2.11. The van der Waals surface area contributed by atoms with E-state index in [1.807, 2.05) is 12.1 Å². The van der Waals surface area contributed by atoms with Crippen LogP contribution in [0.5, 0.6) is 5.75 Å². The van der Waals surface area contributed by atoms with Crippen LogP contribution in [0.1, 0.15) is 45.2 Å². The first-order valence-electron chi connectivity index (χ1n) is 6.34. The molecule has 0 heterocycles. The van der Waals surface area contributed by atoms with Gasteiger partial charge in [-0.05, 0) is 38.1 Å². The van der Waals surface area contributed by atoms with E-state index in [1.165, 1.54) is 5.56 Å². The molecule has 1 aromatic rings. The molecule has 3 heteroatoms. The summed E-state index contributed by atoms with van der Waals surface area (Å²) in [6, 6.07) is 6.52. The molecule has 0 aliphatic carbocycles. The predicted molar refractivity (Wildman–Crippen MR) is 76.6 cm³/mol. The summed E-state index contributed by atoms with van der Waals surface area (Å²) in [5.74, 6) is 0.995. The highest BCUT2D eigenvalue weighted by molar-refractivity contribution is 9.10. The summed E-state index contributed by atoms with van der Waals surface area (Å²) in [5.41, 5.74) is 1.22. The molecule has 17 heavy (non-hydrogen) atoms. The third kappa shape index (κ3) is 4.68. The maximum atomic E-state index is 5.84. The first-order valence-corrected chi connectivity index (χ1v) is 7.14. The Balaban J connectivity index is 2.79. The number of unbranched alkanes of at least 4 members (excludes halogenated alkanes) is 1. The number of hydrogen-bond donors (Lipinski definition) is 1. The van der Waals surface area contributed by atoms with Crippen molar-refractivity contribution >= 4 is 15.9 Å². The van der Waals surface area contributed by atoms with Crippen LogP contribution in [0, 0.1) is 0 Å². The monoisotopic (exact) mass is 299 g/mol. The molecule has 0 saturated carbocycles. The number of rotatable bonds is 7. The Labute approximate surface area is 113 Å². The highest BCUT2D eigenvalue weighted by atomic mass is 79.9. The lowest BCUT2D eigenvalue weighted by Gasteiger charge is -2.18. The topological polar surface area (TPSA) is 21.3 Å². The Morgan fingerprint density at radius 3 is 2.76 bits per heavy atom. The van der Waals surface area contributed by atoms with Gasteiger partial charge in [-0.3, -0.25) is 0 Å². The van der Waals surface area contributed by atoms with Crippen LogP contribution >= 0.6 is 15.9 Å². The van der Waals surface area contributed by atoms with Crippen LogP contribution in [-0.4, -0.2) is 13.2 Å². The molecule has 1 N–H and O–H groups in total. The fourth-order valence-corrected chi connectivity index (χ4v) is 2.11. The van der Waals surface area contributed by atoms with Crippen molar-refractivity contribution in [2.45, 2.75) is 39.7 Å². The van der Waals surface area contributed by atoms with E-state index < -0.39 is 0 Å². The second-order valence-electron chi connectivity index (χ2n) is 4.16. The third-order valence-electron chi connectivity index (χ3n) is 2.70. The van der Waals surface area contributed by atoms with Crippen molar-refractivity contribution in [2.75, 3.05) is 13.2 Å². The van der Waals surface area contributed by atoms with Gasteiger partial charge in [-0.25, -0.2) is 0 Å². The van der Waals surface area contributed by atoms with Gasteiger partial charge in [0.1, 0.15) is 5.75 Å². The fourth-order valence-electron chi connectivity index (χ4n) is 1.73. The van der Waals surface area contributed by atoms with Crippen molar-refractivity contribution < 1.29 is 4.74 Å². The molecule has 0 bridgehead atoms. The third-order valence-corrected chi connectivity index (χ3v) is 3.20. The SMILES string of the molecule is CCCCOc1ccc(Br)cc1C(C)NCC. The lowest BCUT2D eigenvalue weighted by atomic mass is 10.1. The summed E-state index contributed by atoms with van der Waals surface area (Å²) in [7, 11) is 0. The van der Waals surface area contributed by atoms with Crippen molar-refractivity contribution in [3.05, 3.63) is 28.2 Å². The molecule has 0 radical (unpaired) electrons. The number of hydrogen-bond acceptors (Lipinski definition) is 2. The van der Waals surface area contributed by atoms with E-state index in [0.29, 0.717) is 6.04 Å². The van der Waals surface area contributed by atoms with Crippen molar-refractivity contribution in [2.24, 2.45) is 0 Å². The second-order valence-corrected chi connectivity index (χ2v) is 5.08. The number of benzene rings is 1. The van der Waals surface area contributed by atoms with Gasteiger partial charge in [0.05, 0.1) is 6.61 Å². The highest BCUT2D eigenvalue weighted by Crippen LogP contribution is 2.28. The molecule has 0 aromatic heterocycles.